The lowest BCUT2D eigenvalue weighted by atomic mass is 10.2. The van der Waals surface area contributed by atoms with Crippen LogP contribution in [0.3, 0.4) is 0 Å². The Balaban J connectivity index is 1.93. The van der Waals surface area contributed by atoms with E-state index in [-0.39, 0.29) is 5.97 Å². The van der Waals surface area contributed by atoms with Crippen molar-refractivity contribution in [1.82, 2.24) is 0 Å². The maximum absolute atomic E-state index is 11.7. The van der Waals surface area contributed by atoms with Crippen molar-refractivity contribution < 1.29 is 9.53 Å². The molecule has 1 aliphatic carbocycles. The van der Waals surface area contributed by atoms with Crippen molar-refractivity contribution in [2.24, 2.45) is 5.92 Å². The molecule has 3 nitrogen and oxygen atoms in total. The number of hydrogen-bond donors (Lipinski definition) is 1. The highest BCUT2D eigenvalue weighted by Crippen LogP contribution is 2.32. The minimum absolute atomic E-state index is 0.309. The quantitative estimate of drug-likeness (QED) is 0.524. The van der Waals surface area contributed by atoms with Crippen molar-refractivity contribution in [3.8, 4) is 0 Å². The Bertz CT molecular complexity index is 402. The Morgan fingerprint density at radius 3 is 2.94 bits per heavy atom. The van der Waals surface area contributed by atoms with Gasteiger partial charge in [0, 0.05) is 9.26 Å². The SMILES string of the molecule is Nc1ccc(I)cc1C(=O)OCCC1CC1. The summed E-state index contributed by atoms with van der Waals surface area (Å²) in [5.74, 6) is 0.470. The van der Waals surface area contributed by atoms with Crippen LogP contribution in [0.15, 0.2) is 18.2 Å². The van der Waals surface area contributed by atoms with Gasteiger partial charge in [0.25, 0.3) is 0 Å². The Morgan fingerprint density at radius 1 is 1.50 bits per heavy atom. The van der Waals surface area contributed by atoms with Crippen LogP contribution in [0.1, 0.15) is 29.6 Å². The average Bonchev–Trinajstić information content (AvgIpc) is 3.05. The van der Waals surface area contributed by atoms with Crippen LogP contribution >= 0.6 is 22.6 Å². The van der Waals surface area contributed by atoms with Gasteiger partial charge in [-0.1, -0.05) is 12.8 Å². The van der Waals surface area contributed by atoms with Crippen LogP contribution < -0.4 is 5.73 Å². The summed E-state index contributed by atoms with van der Waals surface area (Å²) >= 11 is 2.15. The predicted molar refractivity (Wildman–Crippen MR) is 71.2 cm³/mol. The summed E-state index contributed by atoms with van der Waals surface area (Å²) in [6.45, 7) is 0.508. The van der Waals surface area contributed by atoms with Gasteiger partial charge >= 0.3 is 5.97 Å². The third kappa shape index (κ3) is 3.10. The maximum atomic E-state index is 11.7. The lowest BCUT2D eigenvalue weighted by Crippen LogP contribution is -2.09. The van der Waals surface area contributed by atoms with Crippen molar-refractivity contribution >= 4 is 34.2 Å². The summed E-state index contributed by atoms with van der Waals surface area (Å²) in [6.07, 6.45) is 3.54. The zero-order chi connectivity index (χ0) is 11.5. The van der Waals surface area contributed by atoms with Gasteiger partial charge < -0.3 is 10.5 Å². The molecule has 1 fully saturated rings. The summed E-state index contributed by atoms with van der Waals surface area (Å²) < 4.78 is 6.18. The van der Waals surface area contributed by atoms with Crippen LogP contribution in [-0.4, -0.2) is 12.6 Å². The molecule has 1 saturated carbocycles. The number of anilines is 1. The molecule has 1 aromatic carbocycles. The van der Waals surface area contributed by atoms with E-state index in [1.807, 2.05) is 6.07 Å². The normalized spacial score (nSPS) is 14.8. The first-order valence-corrected chi connectivity index (χ1v) is 6.47. The molecule has 0 aliphatic heterocycles. The van der Waals surface area contributed by atoms with Crippen LogP contribution in [-0.2, 0) is 4.74 Å². The number of nitrogens with two attached hydrogens (primary N) is 1. The number of ether oxygens (including phenoxy) is 1. The summed E-state index contributed by atoms with van der Waals surface area (Å²) in [4.78, 5) is 11.7. The second kappa shape index (κ2) is 5.03. The predicted octanol–water partition coefficient (Wildman–Crippen LogP) is 2.83. The third-order valence-corrected chi connectivity index (χ3v) is 3.36. The summed E-state index contributed by atoms with van der Waals surface area (Å²) in [7, 11) is 0. The zero-order valence-corrected chi connectivity index (χ0v) is 11.1. The lowest BCUT2D eigenvalue weighted by molar-refractivity contribution is 0.0496. The Labute approximate surface area is 108 Å². The van der Waals surface area contributed by atoms with Crippen LogP contribution in [0.5, 0.6) is 0 Å². The molecule has 86 valence electrons. The van der Waals surface area contributed by atoms with E-state index in [1.54, 1.807) is 12.1 Å². The first kappa shape index (κ1) is 11.7. The number of rotatable bonds is 4. The summed E-state index contributed by atoms with van der Waals surface area (Å²) in [5.41, 5.74) is 6.69. The molecular weight excluding hydrogens is 317 g/mol. The summed E-state index contributed by atoms with van der Waals surface area (Å²) in [5, 5.41) is 0. The molecule has 0 amide bonds. The van der Waals surface area contributed by atoms with Gasteiger partial charge in [0.1, 0.15) is 0 Å². The zero-order valence-electron chi connectivity index (χ0n) is 8.91. The fourth-order valence-corrected chi connectivity index (χ4v) is 2.00. The molecule has 1 aliphatic rings. The molecule has 1 aromatic rings. The number of esters is 1. The second-order valence-electron chi connectivity index (χ2n) is 4.10. The molecule has 16 heavy (non-hydrogen) atoms. The standard InChI is InChI=1S/C12H14INO2/c13-9-3-4-11(14)10(7-9)12(15)16-6-5-8-1-2-8/h3-4,7-8H,1-2,5-6,14H2. The van der Waals surface area contributed by atoms with Crippen molar-refractivity contribution in [3.63, 3.8) is 0 Å². The number of hydrogen-bond acceptors (Lipinski definition) is 3. The number of carbonyl (C=O) groups is 1. The Hall–Kier alpha value is -0.780. The van der Waals surface area contributed by atoms with E-state index in [0.717, 1.165) is 15.9 Å². The minimum Gasteiger partial charge on any atom is -0.462 e. The molecule has 0 saturated heterocycles. The molecule has 0 bridgehead atoms. The van der Waals surface area contributed by atoms with Gasteiger partial charge in [-0.2, -0.15) is 0 Å². The average molecular weight is 331 g/mol. The van der Waals surface area contributed by atoms with Gasteiger partial charge in [-0.15, -0.1) is 0 Å². The molecule has 0 radical (unpaired) electrons. The molecule has 4 heteroatoms. The van der Waals surface area contributed by atoms with Gasteiger partial charge in [-0.05, 0) is 53.1 Å². The van der Waals surface area contributed by atoms with E-state index in [0.29, 0.717) is 17.9 Å². The number of nitrogen functional groups attached to an aromatic ring is 1. The van der Waals surface area contributed by atoms with E-state index >= 15 is 0 Å². The van der Waals surface area contributed by atoms with Crippen LogP contribution in [0, 0.1) is 9.49 Å². The highest BCUT2D eigenvalue weighted by molar-refractivity contribution is 14.1. The largest absolute Gasteiger partial charge is 0.462 e. The van der Waals surface area contributed by atoms with E-state index < -0.39 is 0 Å². The monoisotopic (exact) mass is 331 g/mol. The molecule has 0 aromatic heterocycles. The number of benzene rings is 1. The fourth-order valence-electron chi connectivity index (χ4n) is 1.51. The molecule has 0 unspecified atom stereocenters. The van der Waals surface area contributed by atoms with E-state index in [2.05, 4.69) is 22.6 Å². The topological polar surface area (TPSA) is 52.3 Å². The van der Waals surface area contributed by atoms with Gasteiger partial charge in [0.05, 0.1) is 12.2 Å². The van der Waals surface area contributed by atoms with Crippen molar-refractivity contribution in [2.45, 2.75) is 19.3 Å². The minimum atomic E-state index is -0.309. The van der Waals surface area contributed by atoms with Crippen molar-refractivity contribution in [1.29, 1.82) is 0 Å². The first-order valence-electron chi connectivity index (χ1n) is 5.39. The molecule has 2 N–H and O–H groups in total. The first-order chi connectivity index (χ1) is 7.66. The van der Waals surface area contributed by atoms with Crippen LogP contribution in [0.2, 0.25) is 0 Å². The van der Waals surface area contributed by atoms with E-state index in [4.69, 9.17) is 10.5 Å². The molecule has 0 spiro atoms. The summed E-state index contributed by atoms with van der Waals surface area (Å²) in [6, 6.07) is 5.37. The van der Waals surface area contributed by atoms with Crippen molar-refractivity contribution in [2.75, 3.05) is 12.3 Å². The number of halogens is 1. The Morgan fingerprint density at radius 2 is 2.25 bits per heavy atom. The van der Waals surface area contributed by atoms with Gasteiger partial charge in [0.15, 0.2) is 0 Å². The van der Waals surface area contributed by atoms with E-state index in [1.165, 1.54) is 12.8 Å². The third-order valence-electron chi connectivity index (χ3n) is 2.69. The number of carbonyl (C=O) groups excluding carboxylic acids is 1. The molecule has 2 rings (SSSR count). The van der Waals surface area contributed by atoms with Gasteiger partial charge in [-0.3, -0.25) is 0 Å². The Kier molecular flexibility index (Phi) is 3.68. The van der Waals surface area contributed by atoms with Gasteiger partial charge in [-0.25, -0.2) is 4.79 Å². The van der Waals surface area contributed by atoms with Crippen LogP contribution in [0.4, 0.5) is 5.69 Å². The van der Waals surface area contributed by atoms with Gasteiger partial charge in [0.2, 0.25) is 0 Å². The van der Waals surface area contributed by atoms with Crippen molar-refractivity contribution in [3.05, 3.63) is 27.3 Å². The maximum Gasteiger partial charge on any atom is 0.340 e. The highest BCUT2D eigenvalue weighted by Gasteiger charge is 2.21. The highest BCUT2D eigenvalue weighted by atomic mass is 127. The second-order valence-corrected chi connectivity index (χ2v) is 5.35. The molecule has 0 heterocycles. The molecular formula is C12H14INO2. The fraction of sp³-hybridized carbons (Fsp3) is 0.417. The van der Waals surface area contributed by atoms with Crippen LogP contribution in [0.25, 0.3) is 0 Å². The molecule has 0 atom stereocenters. The smallest absolute Gasteiger partial charge is 0.340 e. The lowest BCUT2D eigenvalue weighted by Gasteiger charge is -2.06. The van der Waals surface area contributed by atoms with E-state index in [9.17, 15) is 4.79 Å².